The average Bonchev–Trinajstić information content (AvgIpc) is 2.69. The molecule has 0 bridgehead atoms. The van der Waals surface area contributed by atoms with Gasteiger partial charge in [-0.1, -0.05) is 11.6 Å². The maximum Gasteiger partial charge on any atom is 0.197 e. The SMILES string of the molecule is CC(C)=CCN1CC(C)N=C1N1CCNCC1. The maximum absolute atomic E-state index is 4.78. The molecule has 0 aliphatic carbocycles. The van der Waals surface area contributed by atoms with Gasteiger partial charge in [-0.05, 0) is 20.8 Å². The summed E-state index contributed by atoms with van der Waals surface area (Å²) in [5, 5.41) is 3.39. The summed E-state index contributed by atoms with van der Waals surface area (Å²) in [5.41, 5.74) is 1.38. The van der Waals surface area contributed by atoms with Crippen molar-refractivity contribution >= 4 is 5.96 Å². The molecule has 1 N–H and O–H groups in total. The number of hydrogen-bond donors (Lipinski definition) is 1. The summed E-state index contributed by atoms with van der Waals surface area (Å²) < 4.78 is 0. The highest BCUT2D eigenvalue weighted by atomic mass is 15.4. The molecule has 4 nitrogen and oxygen atoms in total. The smallest absolute Gasteiger partial charge is 0.197 e. The third kappa shape index (κ3) is 3.22. The summed E-state index contributed by atoms with van der Waals surface area (Å²) >= 11 is 0. The second-order valence-corrected chi connectivity index (χ2v) is 5.20. The Morgan fingerprint density at radius 2 is 2.12 bits per heavy atom. The van der Waals surface area contributed by atoms with E-state index in [2.05, 4.69) is 42.0 Å². The van der Waals surface area contributed by atoms with Crippen molar-refractivity contribution in [2.75, 3.05) is 39.3 Å². The summed E-state index contributed by atoms with van der Waals surface area (Å²) in [7, 11) is 0. The second-order valence-electron chi connectivity index (χ2n) is 5.20. The average molecular weight is 236 g/mol. The fourth-order valence-corrected chi connectivity index (χ4v) is 2.32. The van der Waals surface area contributed by atoms with Crippen molar-refractivity contribution < 1.29 is 0 Å². The lowest BCUT2D eigenvalue weighted by molar-refractivity contribution is 0.313. The molecule has 1 unspecified atom stereocenters. The third-order valence-electron chi connectivity index (χ3n) is 3.22. The summed E-state index contributed by atoms with van der Waals surface area (Å²) in [6.07, 6.45) is 2.29. The van der Waals surface area contributed by atoms with E-state index in [0.717, 1.165) is 39.3 Å². The highest BCUT2D eigenvalue weighted by Crippen LogP contribution is 2.13. The molecule has 96 valence electrons. The number of nitrogens with one attached hydrogen (secondary N) is 1. The Bertz CT molecular complexity index is 311. The molecule has 0 spiro atoms. The number of nitrogens with zero attached hydrogens (tertiary/aromatic N) is 3. The van der Waals surface area contributed by atoms with Crippen molar-refractivity contribution in [2.45, 2.75) is 26.8 Å². The van der Waals surface area contributed by atoms with Gasteiger partial charge >= 0.3 is 0 Å². The molecule has 2 aliphatic heterocycles. The molecule has 17 heavy (non-hydrogen) atoms. The van der Waals surface area contributed by atoms with Crippen molar-refractivity contribution in [2.24, 2.45) is 4.99 Å². The quantitative estimate of drug-likeness (QED) is 0.723. The third-order valence-corrected chi connectivity index (χ3v) is 3.22. The van der Waals surface area contributed by atoms with Gasteiger partial charge in [0.25, 0.3) is 0 Å². The fourth-order valence-electron chi connectivity index (χ4n) is 2.32. The Balaban J connectivity index is 2.01. The van der Waals surface area contributed by atoms with Gasteiger partial charge in [-0.3, -0.25) is 0 Å². The van der Waals surface area contributed by atoms with Crippen LogP contribution in [0, 0.1) is 0 Å². The molecule has 2 aliphatic rings. The highest BCUT2D eigenvalue weighted by molar-refractivity contribution is 5.82. The van der Waals surface area contributed by atoms with Crippen molar-refractivity contribution in [1.29, 1.82) is 0 Å². The van der Waals surface area contributed by atoms with Crippen molar-refractivity contribution in [3.8, 4) is 0 Å². The van der Waals surface area contributed by atoms with Crippen LogP contribution in [0.3, 0.4) is 0 Å². The minimum atomic E-state index is 0.436. The van der Waals surface area contributed by atoms with Crippen molar-refractivity contribution in [1.82, 2.24) is 15.1 Å². The zero-order chi connectivity index (χ0) is 12.3. The van der Waals surface area contributed by atoms with Crippen LogP contribution in [-0.4, -0.2) is 61.1 Å². The number of piperazine rings is 1. The van der Waals surface area contributed by atoms with Crippen LogP contribution < -0.4 is 5.32 Å². The Kier molecular flexibility index (Phi) is 4.05. The topological polar surface area (TPSA) is 30.9 Å². The number of rotatable bonds is 2. The predicted molar refractivity (Wildman–Crippen MR) is 72.3 cm³/mol. The number of allylic oxidation sites excluding steroid dienone is 1. The zero-order valence-electron chi connectivity index (χ0n) is 11.2. The molecule has 0 aromatic carbocycles. The van der Waals surface area contributed by atoms with Gasteiger partial charge in [0.05, 0.1) is 6.04 Å². The van der Waals surface area contributed by atoms with Crippen LogP contribution >= 0.6 is 0 Å². The zero-order valence-corrected chi connectivity index (χ0v) is 11.2. The second kappa shape index (κ2) is 5.54. The maximum atomic E-state index is 4.78. The van der Waals surface area contributed by atoms with E-state index >= 15 is 0 Å². The van der Waals surface area contributed by atoms with E-state index in [0.29, 0.717) is 6.04 Å². The first-order valence-electron chi connectivity index (χ1n) is 6.58. The molecule has 0 aromatic rings. The summed E-state index contributed by atoms with van der Waals surface area (Å²) in [6.45, 7) is 12.9. The number of aliphatic imine (C=N–C) groups is 1. The first-order chi connectivity index (χ1) is 8.16. The summed E-state index contributed by atoms with van der Waals surface area (Å²) in [5.74, 6) is 1.21. The monoisotopic (exact) mass is 236 g/mol. The minimum Gasteiger partial charge on any atom is -0.340 e. The number of guanidine groups is 1. The highest BCUT2D eigenvalue weighted by Gasteiger charge is 2.26. The van der Waals surface area contributed by atoms with Crippen molar-refractivity contribution in [3.05, 3.63) is 11.6 Å². The molecule has 2 rings (SSSR count). The van der Waals surface area contributed by atoms with Crippen LogP contribution in [0.5, 0.6) is 0 Å². The standard InChI is InChI=1S/C13H24N4/c1-11(2)4-7-17-10-12(3)15-13(17)16-8-5-14-6-9-16/h4,12,14H,5-10H2,1-3H3. The van der Waals surface area contributed by atoms with Crippen LogP contribution in [0.15, 0.2) is 16.6 Å². The van der Waals surface area contributed by atoms with E-state index in [4.69, 9.17) is 4.99 Å². The van der Waals surface area contributed by atoms with Gasteiger partial charge in [-0.25, -0.2) is 4.99 Å². The van der Waals surface area contributed by atoms with Gasteiger partial charge in [0, 0.05) is 39.3 Å². The van der Waals surface area contributed by atoms with E-state index in [1.54, 1.807) is 0 Å². The van der Waals surface area contributed by atoms with E-state index in [1.807, 2.05) is 0 Å². The van der Waals surface area contributed by atoms with Crippen LogP contribution in [0.25, 0.3) is 0 Å². The van der Waals surface area contributed by atoms with Crippen molar-refractivity contribution in [3.63, 3.8) is 0 Å². The first-order valence-corrected chi connectivity index (χ1v) is 6.58. The van der Waals surface area contributed by atoms with Gasteiger partial charge in [0.2, 0.25) is 0 Å². The lowest BCUT2D eigenvalue weighted by atomic mass is 10.3. The van der Waals surface area contributed by atoms with Gasteiger partial charge in [0.1, 0.15) is 0 Å². The van der Waals surface area contributed by atoms with Crippen LogP contribution in [0.1, 0.15) is 20.8 Å². The normalized spacial score (nSPS) is 24.9. The molecule has 1 fully saturated rings. The molecule has 4 heteroatoms. The molecule has 0 amide bonds. The Hall–Kier alpha value is -1.03. The lowest BCUT2D eigenvalue weighted by Crippen LogP contribution is -2.51. The van der Waals surface area contributed by atoms with Gasteiger partial charge in [0.15, 0.2) is 5.96 Å². The van der Waals surface area contributed by atoms with Gasteiger partial charge < -0.3 is 15.1 Å². The van der Waals surface area contributed by atoms with Crippen LogP contribution in [0.4, 0.5) is 0 Å². The molecular weight excluding hydrogens is 212 g/mol. The Labute approximate surface area is 104 Å². The van der Waals surface area contributed by atoms with E-state index in [-0.39, 0.29) is 0 Å². The molecule has 1 atom stereocenters. The molecule has 0 radical (unpaired) electrons. The predicted octanol–water partition coefficient (Wildman–Crippen LogP) is 0.918. The summed E-state index contributed by atoms with van der Waals surface area (Å²) in [4.78, 5) is 9.60. The Morgan fingerprint density at radius 1 is 1.41 bits per heavy atom. The molecule has 0 saturated carbocycles. The van der Waals surface area contributed by atoms with Gasteiger partial charge in [-0.15, -0.1) is 0 Å². The molecule has 2 heterocycles. The molecule has 1 saturated heterocycles. The fraction of sp³-hybridized carbons (Fsp3) is 0.769. The summed E-state index contributed by atoms with van der Waals surface area (Å²) in [6, 6.07) is 0.436. The number of hydrogen-bond acceptors (Lipinski definition) is 4. The van der Waals surface area contributed by atoms with Crippen LogP contribution in [-0.2, 0) is 0 Å². The van der Waals surface area contributed by atoms with Crippen LogP contribution in [0.2, 0.25) is 0 Å². The van der Waals surface area contributed by atoms with E-state index in [1.165, 1.54) is 11.5 Å². The lowest BCUT2D eigenvalue weighted by Gasteiger charge is -2.33. The first kappa shape index (κ1) is 12.4. The molecule has 0 aromatic heterocycles. The van der Waals surface area contributed by atoms with E-state index < -0.39 is 0 Å². The van der Waals surface area contributed by atoms with E-state index in [9.17, 15) is 0 Å². The Morgan fingerprint density at radius 3 is 2.76 bits per heavy atom. The van der Waals surface area contributed by atoms with Gasteiger partial charge in [-0.2, -0.15) is 0 Å². The molecular formula is C13H24N4. The largest absolute Gasteiger partial charge is 0.340 e. The minimum absolute atomic E-state index is 0.436.